The highest BCUT2D eigenvalue weighted by Gasteiger charge is 2.23. The Balaban J connectivity index is 1.47. The summed E-state index contributed by atoms with van der Waals surface area (Å²) < 4.78 is 6.92. The number of aryl methyl sites for hydroxylation is 2. The van der Waals surface area contributed by atoms with Crippen LogP contribution in [0.4, 0.5) is 11.4 Å². The number of benzene rings is 2. The third-order valence-corrected chi connectivity index (χ3v) is 8.55. The fraction of sp³-hybridized carbons (Fsp3) is 0.259. The van der Waals surface area contributed by atoms with Gasteiger partial charge in [-0.25, -0.2) is 4.98 Å². The van der Waals surface area contributed by atoms with Crippen molar-refractivity contribution < 1.29 is 14.3 Å². The van der Waals surface area contributed by atoms with Crippen molar-refractivity contribution in [1.29, 1.82) is 0 Å². The van der Waals surface area contributed by atoms with E-state index >= 15 is 0 Å². The van der Waals surface area contributed by atoms with Crippen molar-refractivity contribution in [1.82, 2.24) is 9.55 Å². The van der Waals surface area contributed by atoms with E-state index in [1.54, 1.807) is 58.4 Å². The molecule has 0 saturated heterocycles. The fourth-order valence-corrected chi connectivity index (χ4v) is 6.75. The van der Waals surface area contributed by atoms with Crippen LogP contribution in [0.2, 0.25) is 5.02 Å². The van der Waals surface area contributed by atoms with E-state index in [1.165, 1.54) is 30.7 Å². The summed E-state index contributed by atoms with van der Waals surface area (Å²) in [7, 11) is 1.50. The third-order valence-electron chi connectivity index (χ3n) is 6.17. The van der Waals surface area contributed by atoms with E-state index < -0.39 is 0 Å². The number of thioether (sulfide) groups is 1. The molecule has 1 aliphatic rings. The number of hydrogen-bond donors (Lipinski definition) is 2. The van der Waals surface area contributed by atoms with E-state index in [9.17, 15) is 14.4 Å². The summed E-state index contributed by atoms with van der Waals surface area (Å²) in [6.07, 6.45) is 4.00. The van der Waals surface area contributed by atoms with Gasteiger partial charge in [0.25, 0.3) is 5.56 Å². The van der Waals surface area contributed by atoms with E-state index in [0.717, 1.165) is 31.2 Å². The summed E-state index contributed by atoms with van der Waals surface area (Å²) >= 11 is 8.85. The Morgan fingerprint density at radius 1 is 1.13 bits per heavy atom. The van der Waals surface area contributed by atoms with Gasteiger partial charge in [0.05, 0.1) is 29.6 Å². The topological polar surface area (TPSA) is 102 Å². The molecule has 0 bridgehead atoms. The van der Waals surface area contributed by atoms with Crippen LogP contribution in [0.5, 0.6) is 5.75 Å². The van der Waals surface area contributed by atoms with Crippen molar-refractivity contribution in [2.75, 3.05) is 23.5 Å². The monoisotopic (exact) mass is 568 g/mol. The lowest BCUT2D eigenvalue weighted by atomic mass is 9.97. The van der Waals surface area contributed by atoms with Crippen LogP contribution in [0.3, 0.4) is 0 Å². The number of anilines is 2. The van der Waals surface area contributed by atoms with Gasteiger partial charge in [-0.1, -0.05) is 23.4 Å². The number of amides is 2. The Morgan fingerprint density at radius 2 is 1.89 bits per heavy atom. The third kappa shape index (κ3) is 5.43. The highest BCUT2D eigenvalue weighted by Crippen LogP contribution is 2.35. The van der Waals surface area contributed by atoms with Gasteiger partial charge < -0.3 is 15.4 Å². The second-order valence-electron chi connectivity index (χ2n) is 8.84. The van der Waals surface area contributed by atoms with Crippen LogP contribution in [0, 0.1) is 0 Å². The molecule has 2 heterocycles. The Hall–Kier alpha value is -3.34. The largest absolute Gasteiger partial charge is 0.495 e. The molecular weight excluding hydrogens is 544 g/mol. The van der Waals surface area contributed by atoms with Crippen LogP contribution in [-0.4, -0.2) is 34.2 Å². The normalized spacial score (nSPS) is 12.7. The highest BCUT2D eigenvalue weighted by atomic mass is 35.5. The Labute approximate surface area is 232 Å². The molecule has 4 aromatic rings. The number of carbonyl (C=O) groups is 2. The first-order valence-corrected chi connectivity index (χ1v) is 14.2. The van der Waals surface area contributed by atoms with Crippen molar-refractivity contribution in [3.63, 3.8) is 0 Å². The highest BCUT2D eigenvalue weighted by molar-refractivity contribution is 7.99. The van der Waals surface area contributed by atoms with Gasteiger partial charge in [0.2, 0.25) is 11.8 Å². The van der Waals surface area contributed by atoms with Gasteiger partial charge in [-0.2, -0.15) is 0 Å². The molecule has 0 saturated carbocycles. The molecule has 0 radical (unpaired) electrons. The lowest BCUT2D eigenvalue weighted by molar-refractivity contribution is -0.114. The first-order chi connectivity index (χ1) is 18.3. The van der Waals surface area contributed by atoms with Gasteiger partial charge in [0, 0.05) is 22.5 Å². The molecule has 0 spiro atoms. The fourth-order valence-electron chi connectivity index (χ4n) is 4.50. The van der Waals surface area contributed by atoms with E-state index in [0.29, 0.717) is 43.2 Å². The number of thiophene rings is 1. The number of hydrogen-bond acceptors (Lipinski definition) is 7. The predicted molar refractivity (Wildman–Crippen MR) is 154 cm³/mol. The van der Waals surface area contributed by atoms with Crippen LogP contribution in [-0.2, 0) is 22.4 Å². The Morgan fingerprint density at radius 3 is 2.63 bits per heavy atom. The molecular formula is C27H25ClN4O4S2. The lowest BCUT2D eigenvalue weighted by Gasteiger charge is -2.14. The molecule has 2 aromatic carbocycles. The van der Waals surface area contributed by atoms with Gasteiger partial charge in [-0.3, -0.25) is 19.0 Å². The van der Waals surface area contributed by atoms with E-state index in [-0.39, 0.29) is 23.1 Å². The van der Waals surface area contributed by atoms with E-state index in [2.05, 4.69) is 10.6 Å². The number of halogens is 1. The maximum Gasteiger partial charge on any atom is 0.267 e. The number of nitrogens with zero attached hydrogens (tertiary/aromatic N) is 2. The maximum absolute atomic E-state index is 13.8. The summed E-state index contributed by atoms with van der Waals surface area (Å²) in [5.74, 6) is -0.0701. The number of carbonyl (C=O) groups excluding carboxylic acids is 2. The molecule has 196 valence electrons. The molecule has 2 N–H and O–H groups in total. The van der Waals surface area contributed by atoms with Crippen molar-refractivity contribution in [2.24, 2.45) is 0 Å². The average Bonchev–Trinajstić information content (AvgIpc) is 3.27. The standard InChI is InChI=1S/C27H25ClN4O4S2/c1-15(33)29-17-9-12-21(36-2)20(13-17)30-23(34)14-37-27-31-25-24(19-5-3-4-6-22(19)38-25)26(35)32(27)18-10-7-16(28)8-11-18/h7-13H,3-6,14H2,1-2H3,(H,29,33)(H,30,34). The summed E-state index contributed by atoms with van der Waals surface area (Å²) in [5.41, 5.74) is 2.57. The minimum atomic E-state index is -0.309. The Kier molecular flexibility index (Phi) is 7.73. The average molecular weight is 569 g/mol. The van der Waals surface area contributed by atoms with Crippen LogP contribution < -0.4 is 20.9 Å². The second kappa shape index (κ2) is 11.2. The molecule has 2 aromatic heterocycles. The smallest absolute Gasteiger partial charge is 0.267 e. The Bertz CT molecular complexity index is 1600. The molecule has 5 rings (SSSR count). The zero-order chi connectivity index (χ0) is 26.8. The minimum Gasteiger partial charge on any atom is -0.495 e. The molecule has 2 amide bonds. The number of aromatic nitrogens is 2. The van der Waals surface area contributed by atoms with Gasteiger partial charge in [-0.05, 0) is 73.7 Å². The van der Waals surface area contributed by atoms with Gasteiger partial charge in [0.1, 0.15) is 10.6 Å². The number of fused-ring (bicyclic) bond motifs is 3. The zero-order valence-corrected chi connectivity index (χ0v) is 23.2. The second-order valence-corrected chi connectivity index (χ2v) is 11.3. The van der Waals surface area contributed by atoms with E-state index in [1.807, 2.05) is 0 Å². The van der Waals surface area contributed by atoms with Gasteiger partial charge in [-0.15, -0.1) is 11.3 Å². The first-order valence-electron chi connectivity index (χ1n) is 12.1. The molecule has 1 aliphatic carbocycles. The van der Waals surface area contributed by atoms with Crippen LogP contribution in [0.15, 0.2) is 52.4 Å². The van der Waals surface area contributed by atoms with Crippen molar-refractivity contribution in [3.8, 4) is 11.4 Å². The molecule has 0 unspecified atom stereocenters. The summed E-state index contributed by atoms with van der Waals surface area (Å²) in [4.78, 5) is 45.1. The quantitative estimate of drug-likeness (QED) is 0.220. The number of methoxy groups -OCH3 is 1. The molecule has 11 heteroatoms. The summed E-state index contributed by atoms with van der Waals surface area (Å²) in [6, 6.07) is 12.0. The van der Waals surface area contributed by atoms with Crippen LogP contribution >= 0.6 is 34.7 Å². The van der Waals surface area contributed by atoms with Crippen molar-refractivity contribution in [3.05, 3.63) is 68.3 Å². The number of rotatable bonds is 7. The van der Waals surface area contributed by atoms with Gasteiger partial charge in [0.15, 0.2) is 5.16 Å². The zero-order valence-electron chi connectivity index (χ0n) is 20.8. The summed E-state index contributed by atoms with van der Waals surface area (Å²) in [6.45, 7) is 1.41. The molecule has 38 heavy (non-hydrogen) atoms. The molecule has 0 fully saturated rings. The van der Waals surface area contributed by atoms with E-state index in [4.69, 9.17) is 21.3 Å². The SMILES string of the molecule is COc1ccc(NC(C)=O)cc1NC(=O)CSc1nc2sc3c(c2c(=O)n1-c1ccc(Cl)cc1)CCCC3. The lowest BCUT2D eigenvalue weighted by Crippen LogP contribution is -2.23. The van der Waals surface area contributed by atoms with Crippen molar-refractivity contribution >= 4 is 68.1 Å². The summed E-state index contributed by atoms with van der Waals surface area (Å²) in [5, 5.41) is 7.20. The molecule has 8 nitrogen and oxygen atoms in total. The maximum atomic E-state index is 13.8. The molecule has 0 aliphatic heterocycles. The number of nitrogens with one attached hydrogen (secondary N) is 2. The number of ether oxygens (including phenoxy) is 1. The van der Waals surface area contributed by atoms with Crippen LogP contribution in [0.25, 0.3) is 15.9 Å². The predicted octanol–water partition coefficient (Wildman–Crippen LogP) is 5.68. The van der Waals surface area contributed by atoms with Crippen molar-refractivity contribution in [2.45, 2.75) is 37.8 Å². The van der Waals surface area contributed by atoms with Crippen LogP contribution in [0.1, 0.15) is 30.2 Å². The first kappa shape index (κ1) is 26.3. The minimum absolute atomic E-state index is 0.00411. The van der Waals surface area contributed by atoms with Gasteiger partial charge >= 0.3 is 0 Å². The molecule has 0 atom stereocenters.